The van der Waals surface area contributed by atoms with E-state index in [0.29, 0.717) is 9.88 Å². The molecule has 1 amide bonds. The lowest BCUT2D eigenvalue weighted by Crippen LogP contribution is -2.53. The predicted octanol–water partition coefficient (Wildman–Crippen LogP) is 2.67. The Balaban J connectivity index is 2.40. The minimum atomic E-state index is -3.69. The summed E-state index contributed by atoms with van der Waals surface area (Å²) in [4.78, 5) is 20.4. The first-order valence-corrected chi connectivity index (χ1v) is 9.83. The van der Waals surface area contributed by atoms with Crippen LogP contribution >= 0.6 is 11.3 Å². The third-order valence-corrected chi connectivity index (χ3v) is 6.54. The number of guanidine groups is 1. The maximum Gasteiger partial charge on any atom is 0.414 e. The summed E-state index contributed by atoms with van der Waals surface area (Å²) in [6.07, 6.45) is -0.787. The van der Waals surface area contributed by atoms with Crippen LogP contribution in [0.15, 0.2) is 17.1 Å². The molecule has 0 bridgehead atoms. The van der Waals surface area contributed by atoms with Gasteiger partial charge in [-0.1, -0.05) is 6.07 Å². The molecule has 0 saturated carbocycles. The number of rotatable bonds is 1. The molecule has 136 valence electrons. The second-order valence-electron chi connectivity index (χ2n) is 6.81. The second-order valence-corrected chi connectivity index (χ2v) is 9.87. The van der Waals surface area contributed by atoms with Crippen molar-refractivity contribution in [3.8, 4) is 0 Å². The number of carbonyl (C=O) groups is 1. The number of carbonyl (C=O) groups excluding carboxylic acids is 1. The van der Waals surface area contributed by atoms with E-state index in [9.17, 15) is 13.2 Å². The molecule has 1 aliphatic rings. The van der Waals surface area contributed by atoms with E-state index in [1.807, 2.05) is 0 Å². The van der Waals surface area contributed by atoms with Crippen molar-refractivity contribution in [3.63, 3.8) is 0 Å². The highest BCUT2D eigenvalue weighted by molar-refractivity contribution is 7.89. The molecule has 2 rings (SSSR count). The van der Waals surface area contributed by atoms with Gasteiger partial charge in [0, 0.05) is 11.9 Å². The number of nitrogens with zero attached hydrogens (tertiary/aromatic N) is 3. The molecule has 10 heteroatoms. The highest BCUT2D eigenvalue weighted by Crippen LogP contribution is 2.38. The fourth-order valence-electron chi connectivity index (χ4n) is 2.23. The molecule has 0 spiro atoms. The van der Waals surface area contributed by atoms with Crippen molar-refractivity contribution in [2.75, 3.05) is 12.8 Å². The van der Waals surface area contributed by atoms with E-state index in [0.717, 1.165) is 4.31 Å². The first-order valence-electron chi connectivity index (χ1n) is 7.40. The van der Waals surface area contributed by atoms with E-state index in [1.54, 1.807) is 39.8 Å². The summed E-state index contributed by atoms with van der Waals surface area (Å²) in [6, 6.07) is 3.31. The number of sulfonamides is 1. The second kappa shape index (κ2) is 6.31. The lowest BCUT2D eigenvalue weighted by molar-refractivity contribution is 0.0559. The zero-order chi connectivity index (χ0) is 19.0. The Morgan fingerprint density at radius 3 is 2.64 bits per heavy atom. The van der Waals surface area contributed by atoms with Crippen molar-refractivity contribution >= 4 is 38.4 Å². The van der Waals surface area contributed by atoms with Crippen molar-refractivity contribution in [1.29, 1.82) is 0 Å². The van der Waals surface area contributed by atoms with E-state index in [4.69, 9.17) is 11.3 Å². The Kier molecular flexibility index (Phi) is 4.85. The van der Waals surface area contributed by atoms with Crippen LogP contribution < -0.4 is 5.32 Å². The largest absolute Gasteiger partial charge is 0.444 e. The number of thiophene rings is 1. The van der Waals surface area contributed by atoms with Gasteiger partial charge in [0.25, 0.3) is 0 Å². The van der Waals surface area contributed by atoms with Gasteiger partial charge in [0.2, 0.25) is 21.0 Å². The van der Waals surface area contributed by atoms with Gasteiger partial charge in [0.15, 0.2) is 0 Å². The van der Waals surface area contributed by atoms with Gasteiger partial charge < -0.3 is 4.74 Å². The number of aliphatic imine (C=N–C) groups is 1. The molecule has 0 fully saturated rings. The number of amides is 1. The third kappa shape index (κ3) is 4.29. The molecular formula is C15H20N4O4S2. The van der Waals surface area contributed by atoms with Crippen LogP contribution in [-0.2, 0) is 20.3 Å². The normalized spacial score (nSPS) is 22.7. The van der Waals surface area contributed by atoms with Crippen LogP contribution in [0.4, 0.5) is 9.80 Å². The molecule has 0 saturated heterocycles. The molecule has 25 heavy (non-hydrogen) atoms. The van der Waals surface area contributed by atoms with E-state index in [-0.39, 0.29) is 11.7 Å². The van der Waals surface area contributed by atoms with Gasteiger partial charge in [-0.2, -0.15) is 11.3 Å². The summed E-state index contributed by atoms with van der Waals surface area (Å²) >= 11 is 1.18. The zero-order valence-corrected chi connectivity index (χ0v) is 16.3. The Morgan fingerprint density at radius 1 is 1.48 bits per heavy atom. The zero-order valence-electron chi connectivity index (χ0n) is 14.7. The summed E-state index contributed by atoms with van der Waals surface area (Å²) in [5.41, 5.74) is -1.82. The van der Waals surface area contributed by atoms with Gasteiger partial charge in [-0.25, -0.2) is 27.4 Å². The maximum absolute atomic E-state index is 12.5. The SMILES string of the molecule is [C-]#[N+]c1ccc([C@]2(C)CS(=O)(=O)N(C)C(NC(=O)OC(C)(C)C)=N2)s1. The van der Waals surface area contributed by atoms with Crippen molar-refractivity contribution in [2.45, 2.75) is 38.8 Å². The number of alkyl carbamates (subject to hydrolysis) is 1. The number of hydrogen-bond acceptors (Lipinski definition) is 6. The molecular weight excluding hydrogens is 364 g/mol. The average Bonchev–Trinajstić information content (AvgIpc) is 2.91. The number of nitrogens with one attached hydrogen (secondary N) is 1. The summed E-state index contributed by atoms with van der Waals surface area (Å²) in [7, 11) is -2.37. The lowest BCUT2D eigenvalue weighted by atomic mass is 10.0. The molecule has 0 aliphatic carbocycles. The molecule has 1 aromatic heterocycles. The summed E-state index contributed by atoms with van der Waals surface area (Å²) in [5, 5.41) is 2.85. The summed E-state index contributed by atoms with van der Waals surface area (Å²) in [6.45, 7) is 13.8. The van der Waals surface area contributed by atoms with Crippen molar-refractivity contribution in [1.82, 2.24) is 9.62 Å². The Hall–Kier alpha value is -2.12. The Labute approximate surface area is 151 Å². The first-order chi connectivity index (χ1) is 11.4. The first kappa shape index (κ1) is 19.2. The van der Waals surface area contributed by atoms with Gasteiger partial charge in [-0.15, -0.1) is 0 Å². The maximum atomic E-state index is 12.5. The summed E-state index contributed by atoms with van der Waals surface area (Å²) in [5.74, 6) is -0.366. The molecule has 1 aliphatic heterocycles. The minimum Gasteiger partial charge on any atom is -0.444 e. The predicted molar refractivity (Wildman–Crippen MR) is 96.3 cm³/mol. The van der Waals surface area contributed by atoms with Crippen molar-refractivity contribution in [3.05, 3.63) is 28.4 Å². The molecule has 1 N–H and O–H groups in total. The van der Waals surface area contributed by atoms with Gasteiger partial charge in [-0.05, 0) is 33.8 Å². The minimum absolute atomic E-state index is 0.110. The van der Waals surface area contributed by atoms with Gasteiger partial charge >= 0.3 is 6.09 Å². The molecule has 8 nitrogen and oxygen atoms in total. The summed E-state index contributed by atoms with van der Waals surface area (Å²) < 4.78 is 31.1. The molecule has 1 aromatic rings. The van der Waals surface area contributed by atoms with E-state index < -0.39 is 27.3 Å². The quantitative estimate of drug-likeness (QED) is 0.754. The fourth-order valence-corrected chi connectivity index (χ4v) is 4.67. The smallest absolute Gasteiger partial charge is 0.414 e. The third-order valence-electron chi connectivity index (χ3n) is 3.38. The molecule has 0 unspecified atom stereocenters. The highest BCUT2D eigenvalue weighted by atomic mass is 32.2. The van der Waals surface area contributed by atoms with Gasteiger partial charge in [-0.3, -0.25) is 5.32 Å². The van der Waals surface area contributed by atoms with E-state index in [2.05, 4.69) is 15.2 Å². The van der Waals surface area contributed by atoms with Crippen LogP contribution in [-0.4, -0.2) is 43.2 Å². The van der Waals surface area contributed by atoms with Crippen LogP contribution in [0.25, 0.3) is 4.85 Å². The van der Waals surface area contributed by atoms with Gasteiger partial charge in [0.1, 0.15) is 11.1 Å². The van der Waals surface area contributed by atoms with Crippen LogP contribution in [0.5, 0.6) is 0 Å². The monoisotopic (exact) mass is 384 g/mol. The molecule has 0 aromatic carbocycles. The lowest BCUT2D eigenvalue weighted by Gasteiger charge is -2.35. The van der Waals surface area contributed by atoms with Gasteiger partial charge in [0.05, 0.1) is 12.3 Å². The van der Waals surface area contributed by atoms with Crippen molar-refractivity contribution < 1.29 is 17.9 Å². The molecule has 1 atom stereocenters. The topological polar surface area (TPSA) is 92.4 Å². The number of ether oxygens (including phenoxy) is 1. The Morgan fingerprint density at radius 2 is 2.12 bits per heavy atom. The van der Waals surface area contributed by atoms with Crippen LogP contribution in [0, 0.1) is 6.57 Å². The van der Waals surface area contributed by atoms with Crippen molar-refractivity contribution in [2.24, 2.45) is 4.99 Å². The molecule has 0 radical (unpaired) electrons. The standard InChI is InChI=1S/C15H20N4O4S2/c1-14(2,3)23-13(20)17-12-18-15(4,9-25(21,22)19(12)6)10-7-8-11(16-5)24-10/h7-8H,9H2,1-4,6H3,(H,17,18,20)/t15-/m0/s1. The fraction of sp³-hybridized carbons (Fsp3) is 0.533. The highest BCUT2D eigenvalue weighted by Gasteiger charge is 2.42. The number of hydrogen-bond donors (Lipinski definition) is 1. The average molecular weight is 384 g/mol. The van der Waals surface area contributed by atoms with E-state index in [1.165, 1.54) is 18.4 Å². The molecule has 2 heterocycles. The van der Waals surface area contributed by atoms with E-state index >= 15 is 0 Å². The van der Waals surface area contributed by atoms with Crippen LogP contribution in [0.3, 0.4) is 0 Å². The van der Waals surface area contributed by atoms with Crippen LogP contribution in [0.1, 0.15) is 32.6 Å². The Bertz CT molecular complexity index is 861. The van der Waals surface area contributed by atoms with Crippen LogP contribution in [0.2, 0.25) is 0 Å².